The largest absolute Gasteiger partial charge is 0.478 e. The van der Waals surface area contributed by atoms with Crippen molar-refractivity contribution in [3.05, 3.63) is 35.9 Å². The first-order valence-electron chi connectivity index (χ1n) is 3.63. The van der Waals surface area contributed by atoms with Crippen molar-refractivity contribution < 1.29 is 9.90 Å². The number of thiol groups is 1. The zero-order chi connectivity index (χ0) is 9.68. The molecule has 0 fully saturated rings. The molecular weight excluding hydrogens is 186 g/mol. The Kier molecular flexibility index (Phi) is 3.40. The molecule has 2 N–H and O–H groups in total. The Labute approximate surface area is 81.6 Å². The van der Waals surface area contributed by atoms with Gasteiger partial charge < -0.3 is 9.83 Å². The van der Waals surface area contributed by atoms with Crippen molar-refractivity contribution in [1.29, 1.82) is 0 Å². The van der Waals surface area contributed by atoms with Gasteiger partial charge in [0.1, 0.15) is 0 Å². The van der Waals surface area contributed by atoms with Gasteiger partial charge in [-0.3, -0.25) is 0 Å². The number of nitrogens with one attached hydrogen (secondary N) is 1. The summed E-state index contributed by atoms with van der Waals surface area (Å²) in [5, 5.41) is 8.36. The van der Waals surface area contributed by atoms with Crippen LogP contribution in [0.5, 0.6) is 0 Å². The van der Waals surface area contributed by atoms with Crippen LogP contribution in [0.2, 0.25) is 0 Å². The molecule has 0 amide bonds. The Bertz CT molecular complexity index is 319. The van der Waals surface area contributed by atoms with Crippen LogP contribution in [0.15, 0.2) is 30.3 Å². The van der Waals surface area contributed by atoms with Gasteiger partial charge in [-0.05, 0) is 23.8 Å². The number of aliphatic carboxylic acids is 1. The minimum atomic E-state index is -0.948. The predicted molar refractivity (Wildman–Crippen MR) is 55.7 cm³/mol. The molecular formula is C9H9NO2S. The molecule has 0 aliphatic heterocycles. The molecule has 0 aliphatic carbocycles. The first-order valence-corrected chi connectivity index (χ1v) is 4.08. The number of carboxylic acids is 1. The van der Waals surface area contributed by atoms with Crippen LogP contribution in [0, 0.1) is 0 Å². The van der Waals surface area contributed by atoms with Gasteiger partial charge in [-0.1, -0.05) is 24.9 Å². The highest BCUT2D eigenvalue weighted by molar-refractivity contribution is 7.81. The first-order chi connectivity index (χ1) is 6.22. The van der Waals surface area contributed by atoms with Gasteiger partial charge in [0.2, 0.25) is 0 Å². The Morgan fingerprint density at radius 3 is 2.46 bits per heavy atom. The molecule has 0 saturated carbocycles. The molecule has 0 bridgehead atoms. The molecule has 0 saturated heterocycles. The van der Waals surface area contributed by atoms with E-state index in [1.54, 1.807) is 12.1 Å². The van der Waals surface area contributed by atoms with Gasteiger partial charge in [0.05, 0.1) is 0 Å². The van der Waals surface area contributed by atoms with Crippen molar-refractivity contribution in [1.82, 2.24) is 0 Å². The van der Waals surface area contributed by atoms with Crippen LogP contribution in [0.25, 0.3) is 6.08 Å². The van der Waals surface area contributed by atoms with Gasteiger partial charge in [-0.25, -0.2) is 4.79 Å². The summed E-state index contributed by atoms with van der Waals surface area (Å²) in [5.74, 6) is -0.948. The van der Waals surface area contributed by atoms with Crippen molar-refractivity contribution >= 4 is 30.5 Å². The van der Waals surface area contributed by atoms with Gasteiger partial charge in [0, 0.05) is 11.8 Å². The number of rotatable bonds is 3. The molecule has 0 unspecified atom stereocenters. The number of carbonyl (C=O) groups is 1. The smallest absolute Gasteiger partial charge is 0.328 e. The standard InChI is InChI=1S/C9H9NO2S/c11-9(12)6-3-7-1-4-8(10-13)5-2-7/h1-6,10,13H,(H,11,12)/b6-3+. The lowest BCUT2D eigenvalue weighted by atomic mass is 10.2. The molecule has 0 spiro atoms. The summed E-state index contributed by atoms with van der Waals surface area (Å²) in [5.41, 5.74) is 1.71. The zero-order valence-corrected chi connectivity index (χ0v) is 7.66. The van der Waals surface area contributed by atoms with Crippen LogP contribution >= 0.6 is 12.8 Å². The average Bonchev–Trinajstić information content (AvgIpc) is 2.15. The monoisotopic (exact) mass is 195 g/mol. The molecule has 4 heteroatoms. The maximum atomic E-state index is 10.2. The summed E-state index contributed by atoms with van der Waals surface area (Å²) < 4.78 is 2.67. The van der Waals surface area contributed by atoms with E-state index in [1.165, 1.54) is 6.08 Å². The van der Waals surface area contributed by atoms with E-state index in [4.69, 9.17) is 5.11 Å². The van der Waals surface area contributed by atoms with Gasteiger partial charge in [0.25, 0.3) is 0 Å². The second-order valence-electron chi connectivity index (χ2n) is 2.41. The fraction of sp³-hybridized carbons (Fsp3) is 0. The molecule has 0 radical (unpaired) electrons. The minimum absolute atomic E-state index is 0.842. The van der Waals surface area contributed by atoms with E-state index in [0.717, 1.165) is 17.3 Å². The summed E-state index contributed by atoms with van der Waals surface area (Å²) in [4.78, 5) is 10.2. The quantitative estimate of drug-likeness (QED) is 0.511. The lowest BCUT2D eigenvalue weighted by molar-refractivity contribution is -0.131. The van der Waals surface area contributed by atoms with E-state index in [2.05, 4.69) is 17.5 Å². The van der Waals surface area contributed by atoms with Crippen LogP contribution in [-0.4, -0.2) is 11.1 Å². The lowest BCUT2D eigenvalue weighted by Gasteiger charge is -1.97. The van der Waals surface area contributed by atoms with Crippen molar-refractivity contribution in [2.45, 2.75) is 0 Å². The third-order valence-corrected chi connectivity index (χ3v) is 1.72. The summed E-state index contributed by atoms with van der Waals surface area (Å²) in [6, 6.07) is 7.24. The highest BCUT2D eigenvalue weighted by Gasteiger charge is 1.90. The minimum Gasteiger partial charge on any atom is -0.478 e. The van der Waals surface area contributed by atoms with Crippen molar-refractivity contribution in [2.24, 2.45) is 0 Å². The van der Waals surface area contributed by atoms with Crippen LogP contribution in [-0.2, 0) is 4.79 Å². The Hall–Kier alpha value is -1.42. The van der Waals surface area contributed by atoms with Crippen LogP contribution in [0.1, 0.15) is 5.56 Å². The molecule has 0 aromatic heterocycles. The third-order valence-electron chi connectivity index (χ3n) is 1.46. The molecule has 13 heavy (non-hydrogen) atoms. The zero-order valence-electron chi connectivity index (χ0n) is 6.77. The predicted octanol–water partition coefficient (Wildman–Crippen LogP) is 2.04. The molecule has 1 rings (SSSR count). The van der Waals surface area contributed by atoms with Crippen LogP contribution in [0.3, 0.4) is 0 Å². The average molecular weight is 195 g/mol. The highest BCUT2D eigenvalue weighted by atomic mass is 32.1. The normalized spacial score (nSPS) is 10.2. The lowest BCUT2D eigenvalue weighted by Crippen LogP contribution is -1.85. The Morgan fingerprint density at radius 2 is 2.00 bits per heavy atom. The molecule has 0 aliphatic rings. The molecule has 68 valence electrons. The van der Waals surface area contributed by atoms with Gasteiger partial charge in [0.15, 0.2) is 0 Å². The number of hydrogen-bond donors (Lipinski definition) is 3. The summed E-state index contributed by atoms with van der Waals surface area (Å²) >= 11 is 3.87. The van der Waals surface area contributed by atoms with Crippen molar-refractivity contribution in [2.75, 3.05) is 4.72 Å². The molecule has 1 aromatic rings. The molecule has 1 aromatic carbocycles. The maximum absolute atomic E-state index is 10.2. The summed E-state index contributed by atoms with van der Waals surface area (Å²) in [7, 11) is 0. The Balaban J connectivity index is 2.75. The van der Waals surface area contributed by atoms with Crippen LogP contribution < -0.4 is 4.72 Å². The van der Waals surface area contributed by atoms with E-state index >= 15 is 0 Å². The summed E-state index contributed by atoms with van der Waals surface area (Å²) in [6.45, 7) is 0. The molecule has 3 nitrogen and oxygen atoms in total. The molecule has 0 heterocycles. The second-order valence-corrected chi connectivity index (χ2v) is 2.63. The van der Waals surface area contributed by atoms with Gasteiger partial charge >= 0.3 is 5.97 Å². The fourth-order valence-corrected chi connectivity index (χ4v) is 0.985. The number of benzene rings is 1. The van der Waals surface area contributed by atoms with Crippen molar-refractivity contribution in [3.8, 4) is 0 Å². The van der Waals surface area contributed by atoms with Gasteiger partial charge in [-0.2, -0.15) is 0 Å². The maximum Gasteiger partial charge on any atom is 0.328 e. The van der Waals surface area contributed by atoms with E-state index in [-0.39, 0.29) is 0 Å². The Morgan fingerprint density at radius 1 is 1.38 bits per heavy atom. The van der Waals surface area contributed by atoms with Crippen molar-refractivity contribution in [3.63, 3.8) is 0 Å². The van der Waals surface area contributed by atoms with E-state index < -0.39 is 5.97 Å². The number of carboxylic acid groups (broad SMARTS) is 1. The van der Waals surface area contributed by atoms with E-state index in [0.29, 0.717) is 0 Å². The third kappa shape index (κ3) is 3.21. The SMILES string of the molecule is O=C(O)/C=C/c1ccc(NS)cc1. The van der Waals surface area contributed by atoms with Crippen LogP contribution in [0.4, 0.5) is 5.69 Å². The summed E-state index contributed by atoms with van der Waals surface area (Å²) in [6.07, 6.45) is 2.63. The first kappa shape index (κ1) is 9.67. The van der Waals surface area contributed by atoms with E-state index in [1.807, 2.05) is 12.1 Å². The highest BCUT2D eigenvalue weighted by Crippen LogP contribution is 2.10. The van der Waals surface area contributed by atoms with E-state index in [9.17, 15) is 4.79 Å². The second kappa shape index (κ2) is 4.57. The number of anilines is 1. The number of hydrogen-bond acceptors (Lipinski definition) is 3. The topological polar surface area (TPSA) is 49.3 Å². The van der Waals surface area contributed by atoms with Gasteiger partial charge in [-0.15, -0.1) is 0 Å². The fourth-order valence-electron chi connectivity index (χ4n) is 0.836. The molecule has 0 atom stereocenters.